The molecule has 0 N–H and O–H groups in total. The van der Waals surface area contributed by atoms with Gasteiger partial charge in [0, 0.05) is 5.92 Å². The monoisotopic (exact) mass is 328 g/mol. The minimum Gasteiger partial charge on any atom is -0.300 e. The van der Waals surface area contributed by atoms with Gasteiger partial charge in [-0.2, -0.15) is 0 Å². The molecule has 3 heteroatoms. The summed E-state index contributed by atoms with van der Waals surface area (Å²) in [6.45, 7) is 6.18. The first kappa shape index (κ1) is 16.2. The van der Waals surface area contributed by atoms with Gasteiger partial charge in [0.2, 0.25) is 0 Å². The predicted molar refractivity (Wildman–Crippen MR) is 91.3 cm³/mol. The SMILES string of the molecule is CC(=O)[C@@H]1CC[C@@H]2[C@H]3CCC4=CC(=O)CC(=O)[C@]4(C)[C@@H]3CC[C@@]21C. The van der Waals surface area contributed by atoms with E-state index in [1.165, 1.54) is 0 Å². The Bertz CT molecular complexity index is 660. The van der Waals surface area contributed by atoms with Gasteiger partial charge in [-0.1, -0.05) is 12.5 Å². The van der Waals surface area contributed by atoms with Gasteiger partial charge >= 0.3 is 0 Å². The molecule has 3 nitrogen and oxygen atoms in total. The van der Waals surface area contributed by atoms with Gasteiger partial charge in [-0.15, -0.1) is 0 Å². The Labute approximate surface area is 144 Å². The smallest absolute Gasteiger partial charge is 0.163 e. The highest BCUT2D eigenvalue weighted by Crippen LogP contribution is 2.66. The quantitative estimate of drug-likeness (QED) is 0.686. The number of Topliss-reactive ketones (excluding diaryl/α,β-unsaturated/α-hetero) is 2. The minimum absolute atomic E-state index is 0.0101. The molecular formula is C21H28O3. The first-order valence-corrected chi connectivity index (χ1v) is 9.56. The summed E-state index contributed by atoms with van der Waals surface area (Å²) in [6.07, 6.45) is 8.04. The molecule has 4 aliphatic carbocycles. The van der Waals surface area contributed by atoms with Crippen molar-refractivity contribution >= 4 is 17.3 Å². The van der Waals surface area contributed by atoms with Gasteiger partial charge in [-0.3, -0.25) is 14.4 Å². The van der Waals surface area contributed by atoms with Crippen LogP contribution in [0.4, 0.5) is 0 Å². The molecule has 0 unspecified atom stereocenters. The van der Waals surface area contributed by atoms with Crippen molar-refractivity contribution in [1.82, 2.24) is 0 Å². The van der Waals surface area contributed by atoms with Crippen LogP contribution in [0.25, 0.3) is 0 Å². The number of hydrogen-bond donors (Lipinski definition) is 0. The van der Waals surface area contributed by atoms with Crippen LogP contribution in [0.3, 0.4) is 0 Å². The molecule has 130 valence electrons. The second-order valence-corrected chi connectivity index (χ2v) is 9.14. The highest BCUT2D eigenvalue weighted by atomic mass is 16.2. The Morgan fingerprint density at radius 2 is 1.83 bits per heavy atom. The van der Waals surface area contributed by atoms with Gasteiger partial charge in [0.1, 0.15) is 5.78 Å². The number of fused-ring (bicyclic) bond motifs is 5. The van der Waals surface area contributed by atoms with Crippen molar-refractivity contribution in [2.45, 2.75) is 65.7 Å². The molecule has 6 atom stereocenters. The molecule has 0 bridgehead atoms. The van der Waals surface area contributed by atoms with Crippen LogP contribution in [0.2, 0.25) is 0 Å². The number of allylic oxidation sites excluding steroid dienone is 1. The van der Waals surface area contributed by atoms with Crippen molar-refractivity contribution < 1.29 is 14.4 Å². The van der Waals surface area contributed by atoms with Gasteiger partial charge in [-0.25, -0.2) is 0 Å². The van der Waals surface area contributed by atoms with Crippen molar-refractivity contribution in [2.24, 2.45) is 34.5 Å². The van der Waals surface area contributed by atoms with Crippen LogP contribution in [0.1, 0.15) is 65.7 Å². The van der Waals surface area contributed by atoms with Crippen molar-refractivity contribution in [3.63, 3.8) is 0 Å². The molecule has 0 aliphatic heterocycles. The van der Waals surface area contributed by atoms with E-state index in [9.17, 15) is 14.4 Å². The summed E-state index contributed by atoms with van der Waals surface area (Å²) in [4.78, 5) is 36.8. The summed E-state index contributed by atoms with van der Waals surface area (Å²) < 4.78 is 0. The Morgan fingerprint density at radius 3 is 2.54 bits per heavy atom. The van der Waals surface area contributed by atoms with Crippen molar-refractivity contribution in [1.29, 1.82) is 0 Å². The third-order valence-corrected chi connectivity index (χ3v) is 8.33. The van der Waals surface area contributed by atoms with Crippen LogP contribution in [0, 0.1) is 34.5 Å². The second-order valence-electron chi connectivity index (χ2n) is 9.14. The maximum Gasteiger partial charge on any atom is 0.163 e. The third-order valence-electron chi connectivity index (χ3n) is 8.33. The van der Waals surface area contributed by atoms with Crippen LogP contribution in [0.5, 0.6) is 0 Å². The highest BCUT2D eigenvalue weighted by molar-refractivity contribution is 6.11. The zero-order valence-electron chi connectivity index (χ0n) is 15.1. The fourth-order valence-corrected chi connectivity index (χ4v) is 7.09. The van der Waals surface area contributed by atoms with Gasteiger partial charge in [-0.05, 0) is 81.6 Å². The largest absolute Gasteiger partial charge is 0.300 e. The molecule has 4 rings (SSSR count). The molecule has 0 saturated heterocycles. The van der Waals surface area contributed by atoms with E-state index in [0.29, 0.717) is 23.5 Å². The fourth-order valence-electron chi connectivity index (χ4n) is 7.09. The summed E-state index contributed by atoms with van der Waals surface area (Å²) >= 11 is 0. The Morgan fingerprint density at radius 1 is 1.08 bits per heavy atom. The Balaban J connectivity index is 1.71. The van der Waals surface area contributed by atoms with Crippen LogP contribution < -0.4 is 0 Å². The lowest BCUT2D eigenvalue weighted by Gasteiger charge is -2.57. The number of carbonyl (C=O) groups is 3. The van der Waals surface area contributed by atoms with Crippen LogP contribution >= 0.6 is 0 Å². The van der Waals surface area contributed by atoms with E-state index in [2.05, 4.69) is 13.8 Å². The molecule has 0 amide bonds. The van der Waals surface area contributed by atoms with E-state index in [4.69, 9.17) is 0 Å². The molecule has 0 aromatic heterocycles. The first-order chi connectivity index (χ1) is 11.3. The van der Waals surface area contributed by atoms with Crippen LogP contribution in [0.15, 0.2) is 11.6 Å². The zero-order valence-corrected chi connectivity index (χ0v) is 15.1. The number of hydrogen-bond acceptors (Lipinski definition) is 3. The molecule has 24 heavy (non-hydrogen) atoms. The number of ketones is 3. The Hall–Kier alpha value is -1.25. The molecule has 0 aromatic carbocycles. The summed E-state index contributed by atoms with van der Waals surface area (Å²) in [7, 11) is 0. The topological polar surface area (TPSA) is 51.2 Å². The lowest BCUT2D eigenvalue weighted by atomic mass is 9.46. The number of carbonyl (C=O) groups excluding carboxylic acids is 3. The van der Waals surface area contributed by atoms with E-state index in [1.54, 1.807) is 13.0 Å². The molecule has 3 saturated carbocycles. The second kappa shape index (κ2) is 5.12. The summed E-state index contributed by atoms with van der Waals surface area (Å²) in [6, 6.07) is 0. The highest BCUT2D eigenvalue weighted by Gasteiger charge is 2.61. The molecule has 0 radical (unpaired) electrons. The van der Waals surface area contributed by atoms with E-state index >= 15 is 0 Å². The molecule has 3 fully saturated rings. The Kier molecular flexibility index (Phi) is 3.47. The zero-order chi connectivity index (χ0) is 17.3. The molecular weight excluding hydrogens is 300 g/mol. The van der Waals surface area contributed by atoms with Gasteiger partial charge in [0.25, 0.3) is 0 Å². The summed E-state index contributed by atoms with van der Waals surface area (Å²) in [5.41, 5.74) is 0.791. The van der Waals surface area contributed by atoms with Crippen LogP contribution in [-0.2, 0) is 14.4 Å². The fraction of sp³-hybridized carbons (Fsp3) is 0.762. The average Bonchev–Trinajstić information content (AvgIpc) is 2.86. The predicted octanol–water partition coefficient (Wildman–Crippen LogP) is 3.90. The van der Waals surface area contributed by atoms with E-state index < -0.39 is 5.41 Å². The molecule has 0 heterocycles. The van der Waals surface area contributed by atoms with Crippen molar-refractivity contribution in [3.8, 4) is 0 Å². The standard InChI is InChI=1S/C21H28O3/c1-12(22)16-6-7-17-15-5-4-13-10-14(23)11-19(24)21(13,3)18(15)8-9-20(16,17)2/h10,15-18H,4-9,11H2,1-3H3/t15-,16+,17-,18-,20-,21+/m1/s1. The summed E-state index contributed by atoms with van der Waals surface area (Å²) in [5, 5.41) is 0. The van der Waals surface area contributed by atoms with E-state index in [0.717, 1.165) is 44.1 Å². The van der Waals surface area contributed by atoms with Gasteiger partial charge < -0.3 is 0 Å². The number of rotatable bonds is 1. The first-order valence-electron chi connectivity index (χ1n) is 9.56. The maximum absolute atomic E-state index is 12.8. The molecule has 4 aliphatic rings. The molecule has 0 spiro atoms. The van der Waals surface area contributed by atoms with Crippen molar-refractivity contribution in [3.05, 3.63) is 11.6 Å². The lowest BCUT2D eigenvalue weighted by molar-refractivity contribution is -0.142. The van der Waals surface area contributed by atoms with Crippen molar-refractivity contribution in [2.75, 3.05) is 0 Å². The van der Waals surface area contributed by atoms with Crippen LogP contribution in [-0.4, -0.2) is 17.3 Å². The maximum atomic E-state index is 12.8. The minimum atomic E-state index is -0.424. The average molecular weight is 328 g/mol. The van der Waals surface area contributed by atoms with E-state index in [-0.39, 0.29) is 29.3 Å². The third kappa shape index (κ3) is 1.93. The van der Waals surface area contributed by atoms with Gasteiger partial charge in [0.15, 0.2) is 11.6 Å². The molecule has 0 aromatic rings. The van der Waals surface area contributed by atoms with Gasteiger partial charge in [0.05, 0.1) is 11.8 Å². The van der Waals surface area contributed by atoms with E-state index in [1.807, 2.05) is 0 Å². The summed E-state index contributed by atoms with van der Waals surface area (Å²) in [5.74, 6) is 2.15. The normalized spacial score (nSPS) is 47.5. The lowest BCUT2D eigenvalue weighted by Crippen LogP contribution is -2.54.